The number of rotatable bonds is 11. The second-order valence-electron chi connectivity index (χ2n) is 7.98. The smallest absolute Gasteiger partial charge is 0.325 e. The molecule has 0 fully saturated rings. The molecule has 4 atom stereocenters. The van der Waals surface area contributed by atoms with Gasteiger partial charge in [-0.2, -0.15) is 0 Å². The van der Waals surface area contributed by atoms with Crippen LogP contribution in [0.15, 0.2) is 24.3 Å². The summed E-state index contributed by atoms with van der Waals surface area (Å²) in [5.41, 5.74) is 6.27. The van der Waals surface area contributed by atoms with E-state index in [-0.39, 0.29) is 24.5 Å². The molecule has 0 unspecified atom stereocenters. The topological polar surface area (TPSA) is 171 Å². The van der Waals surface area contributed by atoms with Crippen molar-refractivity contribution in [2.75, 3.05) is 0 Å². The number of carbonyl (C=O) groups is 4. The van der Waals surface area contributed by atoms with E-state index < -0.39 is 47.9 Å². The Morgan fingerprint density at radius 1 is 0.871 bits per heavy atom. The number of phenolic OH excluding ortho intramolecular Hbond substituents is 1. The molecule has 10 nitrogen and oxygen atoms in total. The van der Waals surface area contributed by atoms with Crippen LogP contribution in [0, 0.1) is 5.92 Å². The fourth-order valence-electron chi connectivity index (χ4n) is 2.73. The molecule has 0 spiro atoms. The van der Waals surface area contributed by atoms with Gasteiger partial charge in [0.25, 0.3) is 0 Å². The van der Waals surface area contributed by atoms with Crippen molar-refractivity contribution >= 4 is 23.7 Å². The molecule has 7 N–H and O–H groups in total. The zero-order valence-corrected chi connectivity index (χ0v) is 18.2. The number of benzene rings is 1. The van der Waals surface area contributed by atoms with Gasteiger partial charge in [0, 0.05) is 6.42 Å². The van der Waals surface area contributed by atoms with Gasteiger partial charge >= 0.3 is 5.97 Å². The van der Waals surface area contributed by atoms with Crippen LogP contribution in [-0.4, -0.2) is 58.1 Å². The first kappa shape index (κ1) is 25.9. The van der Waals surface area contributed by atoms with Crippen LogP contribution in [0.3, 0.4) is 0 Å². The molecule has 0 radical (unpaired) electrons. The number of carboxylic acid groups (broad SMARTS) is 1. The van der Waals surface area contributed by atoms with Crippen molar-refractivity contribution in [3.63, 3.8) is 0 Å². The van der Waals surface area contributed by atoms with Crippen molar-refractivity contribution < 1.29 is 29.4 Å². The van der Waals surface area contributed by atoms with Gasteiger partial charge in [0.2, 0.25) is 17.7 Å². The third kappa shape index (κ3) is 9.04. The molecule has 1 aromatic rings. The van der Waals surface area contributed by atoms with E-state index in [1.165, 1.54) is 26.0 Å². The molecule has 31 heavy (non-hydrogen) atoms. The zero-order chi connectivity index (χ0) is 23.7. The minimum atomic E-state index is -1.20. The molecule has 1 rings (SSSR count). The van der Waals surface area contributed by atoms with Crippen LogP contribution < -0.4 is 21.7 Å². The Morgan fingerprint density at radius 3 is 1.87 bits per heavy atom. The van der Waals surface area contributed by atoms with E-state index in [9.17, 15) is 24.3 Å². The molecule has 1 aromatic carbocycles. The summed E-state index contributed by atoms with van der Waals surface area (Å²) in [6, 6.07) is 2.16. The Bertz CT molecular complexity index is 779. The summed E-state index contributed by atoms with van der Waals surface area (Å²) >= 11 is 0. The minimum absolute atomic E-state index is 0.0328. The number of carboxylic acids is 1. The van der Waals surface area contributed by atoms with Gasteiger partial charge in [0.15, 0.2) is 0 Å². The van der Waals surface area contributed by atoms with Gasteiger partial charge in [-0.15, -0.1) is 0 Å². The predicted molar refractivity (Wildman–Crippen MR) is 114 cm³/mol. The second kappa shape index (κ2) is 11.9. The van der Waals surface area contributed by atoms with Crippen molar-refractivity contribution in [1.82, 2.24) is 16.0 Å². The summed E-state index contributed by atoms with van der Waals surface area (Å²) in [5.74, 6) is -2.87. The number of hydrogen-bond acceptors (Lipinski definition) is 6. The predicted octanol–water partition coefficient (Wildman–Crippen LogP) is -0.113. The van der Waals surface area contributed by atoms with Gasteiger partial charge in [-0.05, 0) is 43.9 Å². The van der Waals surface area contributed by atoms with Gasteiger partial charge in [-0.3, -0.25) is 19.2 Å². The SMILES string of the molecule is CC(C)C[C@H](NC(=O)[C@H](Cc1ccc(O)cc1)NC(=O)[C@H](C)N)C(=O)N[C@@H](C)C(=O)O. The number of phenols is 1. The number of nitrogens with two attached hydrogens (primary N) is 1. The number of aromatic hydroxyl groups is 1. The van der Waals surface area contributed by atoms with Gasteiger partial charge in [0.1, 0.15) is 23.9 Å². The third-order valence-corrected chi connectivity index (χ3v) is 4.49. The van der Waals surface area contributed by atoms with E-state index in [4.69, 9.17) is 10.8 Å². The number of amides is 3. The lowest BCUT2D eigenvalue weighted by molar-refractivity contribution is -0.141. The first-order valence-corrected chi connectivity index (χ1v) is 10.1. The third-order valence-electron chi connectivity index (χ3n) is 4.49. The fourth-order valence-corrected chi connectivity index (χ4v) is 2.73. The average molecular weight is 437 g/mol. The maximum atomic E-state index is 13.0. The molecule has 0 bridgehead atoms. The largest absolute Gasteiger partial charge is 0.508 e. The van der Waals surface area contributed by atoms with E-state index in [1.54, 1.807) is 12.1 Å². The standard InChI is InChI=1S/C21H32N4O6/c1-11(2)9-16(19(28)23-13(4)21(30)31)25-20(29)17(24-18(27)12(3)22)10-14-5-7-15(26)8-6-14/h5-8,11-13,16-17,26H,9-10,22H2,1-4H3,(H,23,28)(H,24,27)(H,25,29)(H,30,31)/t12-,13-,16-,17-/m0/s1. The Hall–Kier alpha value is -3.14. The summed E-state index contributed by atoms with van der Waals surface area (Å²) in [7, 11) is 0. The van der Waals surface area contributed by atoms with Gasteiger partial charge in [-0.1, -0.05) is 26.0 Å². The van der Waals surface area contributed by atoms with Crippen LogP contribution in [-0.2, 0) is 25.6 Å². The Morgan fingerprint density at radius 2 is 1.39 bits per heavy atom. The van der Waals surface area contributed by atoms with Crippen molar-refractivity contribution in [3.05, 3.63) is 29.8 Å². The highest BCUT2D eigenvalue weighted by molar-refractivity contribution is 5.94. The lowest BCUT2D eigenvalue weighted by atomic mass is 10.0. The molecule has 0 aromatic heterocycles. The second-order valence-corrected chi connectivity index (χ2v) is 7.98. The highest BCUT2D eigenvalue weighted by Gasteiger charge is 2.29. The maximum Gasteiger partial charge on any atom is 0.325 e. The summed E-state index contributed by atoms with van der Waals surface area (Å²) in [6.07, 6.45) is 0.378. The van der Waals surface area contributed by atoms with Gasteiger partial charge in [-0.25, -0.2) is 0 Å². The zero-order valence-electron chi connectivity index (χ0n) is 18.2. The van der Waals surface area contributed by atoms with Gasteiger partial charge in [0.05, 0.1) is 6.04 Å². The van der Waals surface area contributed by atoms with Crippen LogP contribution in [0.5, 0.6) is 5.75 Å². The molecule has 0 aliphatic carbocycles. The molecule has 3 amide bonds. The molecule has 172 valence electrons. The molecular formula is C21H32N4O6. The van der Waals surface area contributed by atoms with Crippen LogP contribution in [0.2, 0.25) is 0 Å². The van der Waals surface area contributed by atoms with E-state index in [0.29, 0.717) is 5.56 Å². The fraction of sp³-hybridized carbons (Fsp3) is 0.524. The van der Waals surface area contributed by atoms with Crippen molar-refractivity contribution in [3.8, 4) is 5.75 Å². The van der Waals surface area contributed by atoms with Crippen LogP contribution in [0.25, 0.3) is 0 Å². The molecule has 0 saturated carbocycles. The monoisotopic (exact) mass is 436 g/mol. The van der Waals surface area contributed by atoms with Crippen LogP contribution >= 0.6 is 0 Å². The highest BCUT2D eigenvalue weighted by atomic mass is 16.4. The first-order valence-electron chi connectivity index (χ1n) is 10.1. The molecular weight excluding hydrogens is 404 g/mol. The summed E-state index contributed by atoms with van der Waals surface area (Å²) in [6.45, 7) is 6.52. The lowest BCUT2D eigenvalue weighted by Crippen LogP contribution is -2.57. The van der Waals surface area contributed by atoms with E-state index in [1.807, 2.05) is 13.8 Å². The van der Waals surface area contributed by atoms with E-state index in [2.05, 4.69) is 16.0 Å². The number of carbonyl (C=O) groups excluding carboxylic acids is 3. The Labute approximate surface area is 181 Å². The summed E-state index contributed by atoms with van der Waals surface area (Å²) < 4.78 is 0. The number of nitrogens with one attached hydrogen (secondary N) is 3. The van der Waals surface area contributed by atoms with Crippen molar-refractivity contribution in [2.45, 2.75) is 64.7 Å². The van der Waals surface area contributed by atoms with Crippen molar-refractivity contribution in [1.29, 1.82) is 0 Å². The Kier molecular flexibility index (Phi) is 9.94. The molecule has 0 aliphatic heterocycles. The van der Waals surface area contributed by atoms with Gasteiger partial charge < -0.3 is 31.9 Å². The number of hydrogen-bond donors (Lipinski definition) is 6. The van der Waals surface area contributed by atoms with Crippen LogP contribution in [0.1, 0.15) is 39.7 Å². The first-order chi connectivity index (χ1) is 14.4. The Balaban J connectivity index is 3.03. The quantitative estimate of drug-likeness (QED) is 0.281. The average Bonchev–Trinajstić information content (AvgIpc) is 2.67. The molecule has 0 heterocycles. The molecule has 0 aliphatic rings. The summed E-state index contributed by atoms with van der Waals surface area (Å²) in [4.78, 5) is 48.7. The van der Waals surface area contributed by atoms with Crippen molar-refractivity contribution in [2.24, 2.45) is 11.7 Å². The molecule has 10 heteroatoms. The number of aliphatic carboxylic acids is 1. The van der Waals surface area contributed by atoms with E-state index in [0.717, 1.165) is 0 Å². The summed E-state index contributed by atoms with van der Waals surface area (Å²) in [5, 5.41) is 26.0. The van der Waals surface area contributed by atoms with Crippen LogP contribution in [0.4, 0.5) is 0 Å². The molecule has 0 saturated heterocycles. The highest BCUT2D eigenvalue weighted by Crippen LogP contribution is 2.12. The lowest BCUT2D eigenvalue weighted by Gasteiger charge is -2.25. The minimum Gasteiger partial charge on any atom is -0.508 e. The van der Waals surface area contributed by atoms with E-state index >= 15 is 0 Å². The normalized spacial score (nSPS) is 14.8. The maximum absolute atomic E-state index is 13.0.